The van der Waals surface area contributed by atoms with Gasteiger partial charge in [0.25, 0.3) is 0 Å². The lowest BCUT2D eigenvalue weighted by Crippen LogP contribution is -2.44. The van der Waals surface area contributed by atoms with Crippen LogP contribution < -0.4 is 16.4 Å². The standard InChI is InChI=1S/C9H17N3O3S/c10-9(15)7(13)4-12-8(14)3-6-5-16-2-1-11-6/h6-7,11,13H,1-5H2,(H2,10,15)(H,12,14). The van der Waals surface area contributed by atoms with Gasteiger partial charge in [0.15, 0.2) is 0 Å². The maximum Gasteiger partial charge on any atom is 0.248 e. The van der Waals surface area contributed by atoms with Crippen molar-refractivity contribution < 1.29 is 14.7 Å². The summed E-state index contributed by atoms with van der Waals surface area (Å²) in [5.74, 6) is 0.969. The van der Waals surface area contributed by atoms with Crippen molar-refractivity contribution in [3.05, 3.63) is 0 Å². The summed E-state index contributed by atoms with van der Waals surface area (Å²) in [7, 11) is 0. The molecule has 0 aromatic carbocycles. The van der Waals surface area contributed by atoms with Gasteiger partial charge in [0.1, 0.15) is 6.10 Å². The molecule has 0 aromatic rings. The average Bonchev–Trinajstić information content (AvgIpc) is 2.27. The second-order valence-corrected chi connectivity index (χ2v) is 4.80. The molecular weight excluding hydrogens is 230 g/mol. The molecule has 2 atom stereocenters. The van der Waals surface area contributed by atoms with Gasteiger partial charge in [-0.05, 0) is 0 Å². The topological polar surface area (TPSA) is 104 Å². The fraction of sp³-hybridized carbons (Fsp3) is 0.778. The highest BCUT2D eigenvalue weighted by Gasteiger charge is 2.18. The van der Waals surface area contributed by atoms with E-state index in [1.165, 1.54) is 0 Å². The zero-order valence-electron chi connectivity index (χ0n) is 8.94. The molecular formula is C9H17N3O3S. The van der Waals surface area contributed by atoms with Crippen molar-refractivity contribution in [3.8, 4) is 0 Å². The van der Waals surface area contributed by atoms with Crippen LogP contribution in [0, 0.1) is 0 Å². The van der Waals surface area contributed by atoms with Gasteiger partial charge in [0.2, 0.25) is 11.8 Å². The molecule has 1 heterocycles. The van der Waals surface area contributed by atoms with Gasteiger partial charge < -0.3 is 21.5 Å². The number of nitrogens with two attached hydrogens (primary N) is 1. The van der Waals surface area contributed by atoms with Crippen LogP contribution >= 0.6 is 11.8 Å². The Morgan fingerprint density at radius 2 is 2.38 bits per heavy atom. The molecule has 1 fully saturated rings. The zero-order chi connectivity index (χ0) is 12.0. The Balaban J connectivity index is 2.17. The van der Waals surface area contributed by atoms with Gasteiger partial charge in [-0.1, -0.05) is 0 Å². The number of carbonyl (C=O) groups excluding carboxylic acids is 2. The summed E-state index contributed by atoms with van der Waals surface area (Å²) in [4.78, 5) is 21.9. The number of rotatable bonds is 5. The molecule has 1 aliphatic heterocycles. The molecule has 92 valence electrons. The molecule has 1 aliphatic rings. The van der Waals surface area contributed by atoms with Gasteiger partial charge in [0, 0.05) is 30.5 Å². The highest BCUT2D eigenvalue weighted by atomic mass is 32.2. The smallest absolute Gasteiger partial charge is 0.248 e. The van der Waals surface area contributed by atoms with Crippen LogP contribution in [0.5, 0.6) is 0 Å². The first-order valence-corrected chi connectivity index (χ1v) is 6.30. The third-order valence-corrected chi connectivity index (χ3v) is 3.38. The largest absolute Gasteiger partial charge is 0.381 e. The molecule has 0 aromatic heterocycles. The number of nitrogens with one attached hydrogen (secondary N) is 2. The Morgan fingerprint density at radius 1 is 1.62 bits per heavy atom. The molecule has 0 saturated carbocycles. The molecule has 7 heteroatoms. The summed E-state index contributed by atoms with van der Waals surface area (Å²) in [6.07, 6.45) is -0.948. The molecule has 2 amide bonds. The SMILES string of the molecule is NC(=O)C(O)CNC(=O)CC1CSCCN1. The van der Waals surface area contributed by atoms with E-state index in [1.807, 2.05) is 11.8 Å². The van der Waals surface area contributed by atoms with Crippen molar-refractivity contribution in [1.29, 1.82) is 0 Å². The summed E-state index contributed by atoms with van der Waals surface area (Å²) in [6.45, 7) is 0.792. The van der Waals surface area contributed by atoms with Gasteiger partial charge in [-0.3, -0.25) is 9.59 Å². The first kappa shape index (κ1) is 13.3. The van der Waals surface area contributed by atoms with Crippen LogP contribution in [0.15, 0.2) is 0 Å². The second-order valence-electron chi connectivity index (χ2n) is 3.65. The molecule has 0 aliphatic carbocycles. The fourth-order valence-electron chi connectivity index (χ4n) is 1.36. The predicted octanol–water partition coefficient (Wildman–Crippen LogP) is -1.96. The number of carbonyl (C=O) groups is 2. The molecule has 1 rings (SSSR count). The van der Waals surface area contributed by atoms with Crippen molar-refractivity contribution in [2.45, 2.75) is 18.6 Å². The fourth-order valence-corrected chi connectivity index (χ4v) is 2.31. The Hall–Kier alpha value is -0.790. The van der Waals surface area contributed by atoms with E-state index >= 15 is 0 Å². The van der Waals surface area contributed by atoms with Gasteiger partial charge in [0.05, 0.1) is 6.54 Å². The maximum atomic E-state index is 11.4. The summed E-state index contributed by atoms with van der Waals surface area (Å²) < 4.78 is 0. The van der Waals surface area contributed by atoms with Crippen LogP contribution in [0.2, 0.25) is 0 Å². The van der Waals surface area contributed by atoms with Gasteiger partial charge >= 0.3 is 0 Å². The number of primary amides is 1. The normalized spacial score (nSPS) is 22.4. The van der Waals surface area contributed by atoms with Gasteiger partial charge in [-0.2, -0.15) is 11.8 Å². The quantitative estimate of drug-likeness (QED) is 0.452. The highest BCUT2D eigenvalue weighted by molar-refractivity contribution is 7.99. The molecule has 1 saturated heterocycles. The third kappa shape index (κ3) is 4.82. The number of hydrogen-bond acceptors (Lipinski definition) is 5. The van der Waals surface area contributed by atoms with Crippen molar-refractivity contribution in [2.75, 3.05) is 24.6 Å². The summed E-state index contributed by atoms with van der Waals surface area (Å²) in [5.41, 5.74) is 4.85. The highest BCUT2D eigenvalue weighted by Crippen LogP contribution is 2.09. The van der Waals surface area contributed by atoms with Crippen LogP contribution in [-0.2, 0) is 9.59 Å². The minimum atomic E-state index is -1.31. The van der Waals surface area contributed by atoms with E-state index in [0.717, 1.165) is 18.1 Å². The number of aliphatic hydroxyl groups is 1. The molecule has 16 heavy (non-hydrogen) atoms. The molecule has 5 N–H and O–H groups in total. The molecule has 6 nitrogen and oxygen atoms in total. The van der Waals surface area contributed by atoms with Crippen molar-refractivity contribution in [3.63, 3.8) is 0 Å². The number of amides is 2. The average molecular weight is 247 g/mol. The molecule has 0 radical (unpaired) electrons. The van der Waals surface area contributed by atoms with E-state index in [-0.39, 0.29) is 18.5 Å². The monoisotopic (exact) mass is 247 g/mol. The van der Waals surface area contributed by atoms with Crippen molar-refractivity contribution in [2.24, 2.45) is 5.73 Å². The molecule has 2 unspecified atom stereocenters. The van der Waals surface area contributed by atoms with E-state index in [0.29, 0.717) is 6.42 Å². The Bertz CT molecular complexity index is 256. The van der Waals surface area contributed by atoms with Crippen molar-refractivity contribution >= 4 is 23.6 Å². The zero-order valence-corrected chi connectivity index (χ0v) is 9.76. The van der Waals surface area contributed by atoms with Crippen LogP contribution in [-0.4, -0.2) is 53.7 Å². The summed E-state index contributed by atoms with van der Waals surface area (Å²) in [6, 6.07) is 0.171. The first-order valence-electron chi connectivity index (χ1n) is 5.15. The van der Waals surface area contributed by atoms with Crippen molar-refractivity contribution in [1.82, 2.24) is 10.6 Å². The molecule has 0 spiro atoms. The Morgan fingerprint density at radius 3 is 2.94 bits per heavy atom. The van der Waals surface area contributed by atoms with E-state index in [9.17, 15) is 9.59 Å². The number of aliphatic hydroxyl groups excluding tert-OH is 1. The van der Waals surface area contributed by atoms with E-state index in [2.05, 4.69) is 10.6 Å². The van der Waals surface area contributed by atoms with Crippen LogP contribution in [0.25, 0.3) is 0 Å². The number of thioether (sulfide) groups is 1. The van der Waals surface area contributed by atoms with Crippen LogP contribution in [0.3, 0.4) is 0 Å². The Labute approximate surface area is 98.3 Å². The summed E-state index contributed by atoms with van der Waals surface area (Å²) >= 11 is 1.81. The first-order chi connectivity index (χ1) is 7.59. The number of hydrogen-bond donors (Lipinski definition) is 4. The Kier molecular flexibility index (Phi) is 5.58. The van der Waals surface area contributed by atoms with E-state index in [4.69, 9.17) is 10.8 Å². The minimum Gasteiger partial charge on any atom is -0.381 e. The third-order valence-electron chi connectivity index (χ3n) is 2.25. The van der Waals surface area contributed by atoms with Crippen LogP contribution in [0.4, 0.5) is 0 Å². The predicted molar refractivity (Wildman–Crippen MR) is 61.9 cm³/mol. The van der Waals surface area contributed by atoms with E-state index in [1.54, 1.807) is 0 Å². The van der Waals surface area contributed by atoms with Gasteiger partial charge in [-0.15, -0.1) is 0 Å². The lowest BCUT2D eigenvalue weighted by Gasteiger charge is -2.22. The second kappa shape index (κ2) is 6.72. The lowest BCUT2D eigenvalue weighted by atomic mass is 10.2. The summed E-state index contributed by atoms with van der Waals surface area (Å²) in [5, 5.41) is 14.8. The maximum absolute atomic E-state index is 11.4. The van der Waals surface area contributed by atoms with Gasteiger partial charge in [-0.25, -0.2) is 0 Å². The van der Waals surface area contributed by atoms with E-state index < -0.39 is 12.0 Å². The van der Waals surface area contributed by atoms with Crippen LogP contribution in [0.1, 0.15) is 6.42 Å². The minimum absolute atomic E-state index is 0.117. The lowest BCUT2D eigenvalue weighted by molar-refractivity contribution is -0.127. The molecule has 0 bridgehead atoms.